The number of nitrogens with one attached hydrogen (secondary N) is 1. The van der Waals surface area contributed by atoms with Crippen LogP contribution in [0.1, 0.15) is 19.3 Å². The highest BCUT2D eigenvalue weighted by atomic mass is 32.2. The summed E-state index contributed by atoms with van der Waals surface area (Å²) in [6.07, 6.45) is 0.829. The molecule has 8 heteroatoms. The predicted octanol–water partition coefficient (Wildman–Crippen LogP) is 0.358. The second-order valence-electron chi connectivity index (χ2n) is 5.99. The zero-order valence-corrected chi connectivity index (χ0v) is 14.6. The number of para-hydroxylation sites is 1. The van der Waals surface area contributed by atoms with E-state index in [2.05, 4.69) is 5.32 Å². The summed E-state index contributed by atoms with van der Waals surface area (Å²) in [5, 5.41) is 13.0. The fraction of sp³-hybridized carbons (Fsp3) is 0.562. The number of β-amino-alcohol motifs (C(OH)–C–C–N with tert-alkyl or cyclic N) is 1. The lowest BCUT2D eigenvalue weighted by Crippen LogP contribution is -2.52. The number of piperidine rings is 1. The van der Waals surface area contributed by atoms with Gasteiger partial charge in [-0.3, -0.25) is 4.79 Å². The molecule has 0 radical (unpaired) electrons. The molecular weight excluding hydrogens is 332 g/mol. The summed E-state index contributed by atoms with van der Waals surface area (Å²) in [5.74, 6) is 0.143. The first-order valence-electron chi connectivity index (χ1n) is 7.93. The first kappa shape index (κ1) is 18.7. The van der Waals surface area contributed by atoms with Crippen molar-refractivity contribution in [1.82, 2.24) is 9.62 Å². The number of carbonyl (C=O) groups is 1. The molecule has 1 fully saturated rings. The molecule has 24 heavy (non-hydrogen) atoms. The number of amides is 1. The first-order valence-corrected chi connectivity index (χ1v) is 9.54. The molecule has 1 aromatic rings. The number of carbonyl (C=O) groups excluding carboxylic acids is 1. The number of rotatable bonds is 7. The summed E-state index contributed by atoms with van der Waals surface area (Å²) < 4.78 is 31.6. The molecule has 0 saturated carbocycles. The number of sulfonamides is 1. The van der Waals surface area contributed by atoms with Crippen LogP contribution in [0.2, 0.25) is 0 Å². The first-order chi connectivity index (χ1) is 11.3. The van der Waals surface area contributed by atoms with Crippen molar-refractivity contribution in [3.8, 4) is 5.75 Å². The van der Waals surface area contributed by atoms with Crippen molar-refractivity contribution in [3.05, 3.63) is 30.3 Å². The monoisotopic (exact) mass is 356 g/mol. The van der Waals surface area contributed by atoms with E-state index >= 15 is 0 Å². The molecule has 1 heterocycles. The van der Waals surface area contributed by atoms with E-state index in [1.807, 2.05) is 18.2 Å². The maximum atomic E-state index is 12.5. The Morgan fingerprint density at radius 2 is 2.08 bits per heavy atom. The highest BCUT2D eigenvalue weighted by Gasteiger charge is 2.39. The molecular formula is C16H24N2O5S. The minimum atomic E-state index is -3.55. The van der Waals surface area contributed by atoms with Gasteiger partial charge in [0.2, 0.25) is 15.9 Å². The molecule has 1 atom stereocenters. The van der Waals surface area contributed by atoms with Crippen molar-refractivity contribution in [2.24, 2.45) is 0 Å². The molecule has 1 saturated heterocycles. The van der Waals surface area contributed by atoms with Gasteiger partial charge < -0.3 is 15.2 Å². The fourth-order valence-corrected chi connectivity index (χ4v) is 4.15. The third-order valence-electron chi connectivity index (χ3n) is 4.04. The Morgan fingerprint density at radius 1 is 1.38 bits per heavy atom. The van der Waals surface area contributed by atoms with Gasteiger partial charge in [-0.15, -0.1) is 0 Å². The zero-order valence-electron chi connectivity index (χ0n) is 13.8. The summed E-state index contributed by atoms with van der Waals surface area (Å²) in [6.45, 7) is 0.328. The van der Waals surface area contributed by atoms with Crippen LogP contribution in [0.15, 0.2) is 30.3 Å². The lowest BCUT2D eigenvalue weighted by Gasteiger charge is -2.38. The Morgan fingerprint density at radius 3 is 2.75 bits per heavy atom. The van der Waals surface area contributed by atoms with Gasteiger partial charge in [0.25, 0.3) is 0 Å². The summed E-state index contributed by atoms with van der Waals surface area (Å²) in [5.41, 5.74) is -1.31. The van der Waals surface area contributed by atoms with Crippen molar-refractivity contribution in [2.75, 3.05) is 32.5 Å². The van der Waals surface area contributed by atoms with Crippen molar-refractivity contribution in [2.45, 2.75) is 24.9 Å². The lowest BCUT2D eigenvalue weighted by atomic mass is 9.90. The van der Waals surface area contributed by atoms with E-state index < -0.39 is 15.6 Å². The molecule has 1 amide bonds. The van der Waals surface area contributed by atoms with Gasteiger partial charge >= 0.3 is 0 Å². The molecule has 0 bridgehead atoms. The van der Waals surface area contributed by atoms with Crippen LogP contribution in [0.3, 0.4) is 0 Å². The van der Waals surface area contributed by atoms with Crippen LogP contribution >= 0.6 is 0 Å². The standard InChI is InChI=1S/C16H24N2O5S/c1-17-15(19)12-16(20)8-5-9-18(13-16)24(21,22)11-10-23-14-6-3-2-4-7-14/h2-4,6-7,20H,5,8-13H2,1H3,(H,17,19). The van der Waals surface area contributed by atoms with Crippen LogP contribution in [0.4, 0.5) is 0 Å². The summed E-state index contributed by atoms with van der Waals surface area (Å²) in [6, 6.07) is 9.00. The minimum Gasteiger partial charge on any atom is -0.492 e. The van der Waals surface area contributed by atoms with Gasteiger partial charge in [-0.2, -0.15) is 4.31 Å². The quantitative estimate of drug-likeness (QED) is 0.735. The molecule has 1 aliphatic rings. The number of hydrogen-bond donors (Lipinski definition) is 2. The normalized spacial score (nSPS) is 22.1. The Balaban J connectivity index is 1.92. The van der Waals surface area contributed by atoms with Crippen LogP contribution in [-0.4, -0.2) is 61.8 Å². The molecule has 0 spiro atoms. The molecule has 0 aliphatic carbocycles. The number of nitrogens with zero attached hydrogens (tertiary/aromatic N) is 1. The highest BCUT2D eigenvalue weighted by Crippen LogP contribution is 2.26. The van der Waals surface area contributed by atoms with Crippen molar-refractivity contribution in [3.63, 3.8) is 0 Å². The maximum absolute atomic E-state index is 12.5. The van der Waals surface area contributed by atoms with Gasteiger partial charge in [-0.25, -0.2) is 8.42 Å². The highest BCUT2D eigenvalue weighted by molar-refractivity contribution is 7.89. The van der Waals surface area contributed by atoms with Crippen LogP contribution in [-0.2, 0) is 14.8 Å². The average Bonchev–Trinajstić information content (AvgIpc) is 2.55. The SMILES string of the molecule is CNC(=O)CC1(O)CCCN(S(=O)(=O)CCOc2ccccc2)C1. The molecule has 134 valence electrons. The molecule has 1 unspecified atom stereocenters. The Labute approximate surface area is 142 Å². The predicted molar refractivity (Wildman–Crippen MR) is 90.2 cm³/mol. The van der Waals surface area contributed by atoms with Crippen LogP contribution in [0.5, 0.6) is 5.75 Å². The Bertz CT molecular complexity index is 650. The van der Waals surface area contributed by atoms with Gasteiger partial charge in [0.05, 0.1) is 17.8 Å². The molecule has 0 aromatic heterocycles. The van der Waals surface area contributed by atoms with E-state index in [9.17, 15) is 18.3 Å². The molecule has 1 aromatic carbocycles. The molecule has 7 nitrogen and oxygen atoms in total. The second-order valence-corrected chi connectivity index (χ2v) is 8.08. The number of benzene rings is 1. The van der Waals surface area contributed by atoms with Gasteiger partial charge in [0.1, 0.15) is 12.4 Å². The van der Waals surface area contributed by atoms with Gasteiger partial charge in [0.15, 0.2) is 0 Å². The van der Waals surface area contributed by atoms with Crippen molar-refractivity contribution < 1.29 is 23.1 Å². The Kier molecular flexibility index (Phi) is 6.20. The maximum Gasteiger partial charge on any atom is 0.222 e. The Hall–Kier alpha value is -1.64. The zero-order chi connectivity index (χ0) is 17.6. The third kappa shape index (κ3) is 5.19. The van der Waals surface area contributed by atoms with Gasteiger partial charge in [-0.05, 0) is 25.0 Å². The van der Waals surface area contributed by atoms with Crippen molar-refractivity contribution in [1.29, 1.82) is 0 Å². The molecule has 2 rings (SSSR count). The van der Waals surface area contributed by atoms with Gasteiger partial charge in [0, 0.05) is 20.1 Å². The molecule has 1 aliphatic heterocycles. The van der Waals surface area contributed by atoms with E-state index in [4.69, 9.17) is 4.74 Å². The van der Waals surface area contributed by atoms with E-state index in [1.165, 1.54) is 11.4 Å². The molecule has 2 N–H and O–H groups in total. The van der Waals surface area contributed by atoms with Crippen LogP contribution in [0, 0.1) is 0 Å². The van der Waals surface area contributed by atoms with E-state index in [0.717, 1.165) is 0 Å². The average molecular weight is 356 g/mol. The lowest BCUT2D eigenvalue weighted by molar-refractivity contribution is -0.127. The number of hydrogen-bond acceptors (Lipinski definition) is 5. The van der Waals surface area contributed by atoms with E-state index in [1.54, 1.807) is 12.1 Å². The fourth-order valence-electron chi connectivity index (χ4n) is 2.75. The van der Waals surface area contributed by atoms with E-state index in [-0.39, 0.29) is 31.2 Å². The third-order valence-corrected chi connectivity index (χ3v) is 5.82. The topological polar surface area (TPSA) is 95.9 Å². The largest absolute Gasteiger partial charge is 0.492 e. The van der Waals surface area contributed by atoms with Crippen LogP contribution in [0.25, 0.3) is 0 Å². The van der Waals surface area contributed by atoms with Crippen LogP contribution < -0.4 is 10.1 Å². The van der Waals surface area contributed by atoms with Crippen molar-refractivity contribution >= 4 is 15.9 Å². The number of aliphatic hydroxyl groups is 1. The second kappa shape index (κ2) is 7.96. The van der Waals surface area contributed by atoms with E-state index in [0.29, 0.717) is 25.1 Å². The summed E-state index contributed by atoms with van der Waals surface area (Å²) >= 11 is 0. The smallest absolute Gasteiger partial charge is 0.222 e. The van der Waals surface area contributed by atoms with Gasteiger partial charge in [-0.1, -0.05) is 18.2 Å². The minimum absolute atomic E-state index is 0.0384. The summed E-state index contributed by atoms with van der Waals surface area (Å²) in [7, 11) is -2.06. The summed E-state index contributed by atoms with van der Waals surface area (Å²) in [4.78, 5) is 11.5. The number of ether oxygens (including phenoxy) is 1.